The van der Waals surface area contributed by atoms with E-state index in [4.69, 9.17) is 11.6 Å². The number of hydrazone groups is 1. The maximum atomic E-state index is 9.30. The van der Waals surface area contributed by atoms with Crippen molar-refractivity contribution in [1.82, 2.24) is 9.97 Å². The summed E-state index contributed by atoms with van der Waals surface area (Å²) in [4.78, 5) is 8.25. The lowest BCUT2D eigenvalue weighted by Crippen LogP contribution is -2.19. The second-order valence-corrected chi connectivity index (χ2v) is 4.71. The van der Waals surface area contributed by atoms with E-state index in [0.29, 0.717) is 23.1 Å². The zero-order valence-corrected chi connectivity index (χ0v) is 12.5. The highest BCUT2D eigenvalue weighted by Crippen LogP contribution is 2.24. The SMILES string of the molecule is CCN(/N=C\c1cccnc1)c1nc(Cl)cc(C)c1C#N. The second kappa shape index (κ2) is 6.82. The Kier molecular flexibility index (Phi) is 4.85. The van der Waals surface area contributed by atoms with Crippen molar-refractivity contribution < 1.29 is 0 Å². The van der Waals surface area contributed by atoms with Gasteiger partial charge in [0.15, 0.2) is 5.82 Å². The second-order valence-electron chi connectivity index (χ2n) is 4.32. The van der Waals surface area contributed by atoms with Crippen LogP contribution in [0.15, 0.2) is 35.7 Å². The van der Waals surface area contributed by atoms with Crippen molar-refractivity contribution in [2.24, 2.45) is 5.10 Å². The molecule has 106 valence electrons. The number of nitrogens with zero attached hydrogens (tertiary/aromatic N) is 5. The Hall–Kier alpha value is -2.45. The molecular formula is C15H14ClN5. The first-order valence-corrected chi connectivity index (χ1v) is 6.82. The van der Waals surface area contributed by atoms with Gasteiger partial charge >= 0.3 is 0 Å². The van der Waals surface area contributed by atoms with Gasteiger partial charge < -0.3 is 0 Å². The molecule has 2 aromatic rings. The first kappa shape index (κ1) is 14.9. The molecule has 0 bridgehead atoms. The van der Waals surface area contributed by atoms with Crippen LogP contribution in [0.4, 0.5) is 5.82 Å². The standard InChI is InChI=1S/C15H14ClN5/c1-3-21(19-10-12-5-4-6-18-9-12)15-13(8-17)11(2)7-14(16)20-15/h4-7,9-10H,3H2,1-2H3/b19-10-. The van der Waals surface area contributed by atoms with Crippen LogP contribution >= 0.6 is 11.6 Å². The van der Waals surface area contributed by atoms with Crippen LogP contribution in [0.3, 0.4) is 0 Å². The van der Waals surface area contributed by atoms with Gasteiger partial charge in [-0.1, -0.05) is 17.7 Å². The molecule has 0 aliphatic carbocycles. The quantitative estimate of drug-likeness (QED) is 0.494. The highest BCUT2D eigenvalue weighted by atomic mass is 35.5. The third kappa shape index (κ3) is 3.56. The van der Waals surface area contributed by atoms with Crippen LogP contribution in [-0.2, 0) is 0 Å². The summed E-state index contributed by atoms with van der Waals surface area (Å²) in [5, 5.41) is 15.7. The molecule has 2 rings (SSSR count). The molecule has 0 unspecified atom stereocenters. The lowest BCUT2D eigenvalue weighted by molar-refractivity contribution is 0.869. The number of anilines is 1. The van der Waals surface area contributed by atoms with Crippen molar-refractivity contribution in [2.75, 3.05) is 11.6 Å². The molecule has 0 aliphatic rings. The van der Waals surface area contributed by atoms with Crippen molar-refractivity contribution >= 4 is 23.6 Å². The molecule has 0 spiro atoms. The van der Waals surface area contributed by atoms with E-state index in [-0.39, 0.29) is 0 Å². The summed E-state index contributed by atoms with van der Waals surface area (Å²) in [5.41, 5.74) is 2.13. The van der Waals surface area contributed by atoms with E-state index in [0.717, 1.165) is 11.1 Å². The van der Waals surface area contributed by atoms with Gasteiger partial charge in [-0.3, -0.25) is 4.98 Å². The molecule has 2 heterocycles. The zero-order valence-electron chi connectivity index (χ0n) is 11.8. The predicted molar refractivity (Wildman–Crippen MR) is 83.6 cm³/mol. The van der Waals surface area contributed by atoms with Gasteiger partial charge in [0, 0.05) is 24.5 Å². The number of nitriles is 1. The minimum atomic E-state index is 0.344. The topological polar surface area (TPSA) is 65.2 Å². The maximum Gasteiger partial charge on any atom is 0.168 e. The largest absolute Gasteiger partial charge is 0.264 e. The molecule has 6 heteroatoms. The van der Waals surface area contributed by atoms with Gasteiger partial charge in [-0.15, -0.1) is 0 Å². The lowest BCUT2D eigenvalue weighted by Gasteiger charge is -2.18. The average molecular weight is 300 g/mol. The fourth-order valence-electron chi connectivity index (χ4n) is 1.82. The number of aromatic nitrogens is 2. The van der Waals surface area contributed by atoms with Gasteiger partial charge in [0.05, 0.1) is 11.8 Å². The van der Waals surface area contributed by atoms with Crippen molar-refractivity contribution in [3.8, 4) is 6.07 Å². The number of aryl methyl sites for hydroxylation is 1. The van der Waals surface area contributed by atoms with Gasteiger partial charge in [-0.2, -0.15) is 10.4 Å². The predicted octanol–water partition coefficient (Wildman–Crippen LogP) is 3.17. The molecule has 0 saturated heterocycles. The average Bonchev–Trinajstić information content (AvgIpc) is 2.48. The van der Waals surface area contributed by atoms with Crippen LogP contribution < -0.4 is 5.01 Å². The van der Waals surface area contributed by atoms with Crippen LogP contribution in [0, 0.1) is 18.3 Å². The Morgan fingerprint density at radius 1 is 1.52 bits per heavy atom. The highest BCUT2D eigenvalue weighted by molar-refractivity contribution is 6.29. The summed E-state index contributed by atoms with van der Waals surface area (Å²) < 4.78 is 0. The van der Waals surface area contributed by atoms with E-state index in [1.54, 1.807) is 29.7 Å². The highest BCUT2D eigenvalue weighted by Gasteiger charge is 2.14. The molecule has 0 atom stereocenters. The Labute approximate surface area is 128 Å². The summed E-state index contributed by atoms with van der Waals surface area (Å²) in [6.45, 7) is 4.33. The summed E-state index contributed by atoms with van der Waals surface area (Å²) in [6.07, 6.45) is 5.08. The smallest absolute Gasteiger partial charge is 0.168 e. The summed E-state index contributed by atoms with van der Waals surface area (Å²) in [7, 11) is 0. The van der Waals surface area contributed by atoms with E-state index >= 15 is 0 Å². The zero-order chi connectivity index (χ0) is 15.2. The number of hydrogen-bond acceptors (Lipinski definition) is 5. The maximum absolute atomic E-state index is 9.30. The molecule has 0 aromatic carbocycles. The molecule has 0 amide bonds. The molecule has 2 aromatic heterocycles. The molecule has 0 N–H and O–H groups in total. The molecule has 0 fully saturated rings. The van der Waals surface area contributed by atoms with Gasteiger partial charge in [0.2, 0.25) is 0 Å². The Morgan fingerprint density at radius 2 is 2.33 bits per heavy atom. The Balaban J connectivity index is 2.39. The molecule has 0 radical (unpaired) electrons. The van der Waals surface area contributed by atoms with Crippen LogP contribution in [0.1, 0.15) is 23.6 Å². The molecule has 0 aliphatic heterocycles. The number of halogens is 1. The van der Waals surface area contributed by atoms with E-state index < -0.39 is 0 Å². The molecule has 5 nitrogen and oxygen atoms in total. The first-order chi connectivity index (χ1) is 10.2. The lowest BCUT2D eigenvalue weighted by atomic mass is 10.1. The number of pyridine rings is 2. The Bertz CT molecular complexity index is 691. The van der Waals surface area contributed by atoms with Crippen molar-refractivity contribution in [3.63, 3.8) is 0 Å². The van der Waals surface area contributed by atoms with Gasteiger partial charge in [0.25, 0.3) is 0 Å². The minimum absolute atomic E-state index is 0.344. The van der Waals surface area contributed by atoms with Gasteiger partial charge in [0.1, 0.15) is 11.2 Å². The fourth-order valence-corrected chi connectivity index (χ4v) is 2.06. The van der Waals surface area contributed by atoms with E-state index in [1.807, 2.05) is 26.0 Å². The van der Waals surface area contributed by atoms with Crippen LogP contribution in [0.5, 0.6) is 0 Å². The minimum Gasteiger partial charge on any atom is -0.264 e. The van der Waals surface area contributed by atoms with Gasteiger partial charge in [-0.05, 0) is 31.5 Å². The third-order valence-electron chi connectivity index (χ3n) is 2.85. The van der Waals surface area contributed by atoms with E-state index in [2.05, 4.69) is 21.1 Å². The fraction of sp³-hybridized carbons (Fsp3) is 0.200. The summed E-state index contributed by atoms with van der Waals surface area (Å²) >= 11 is 5.99. The molecule has 0 saturated carbocycles. The number of hydrogen-bond donors (Lipinski definition) is 0. The van der Waals surface area contributed by atoms with Crippen LogP contribution in [-0.4, -0.2) is 22.7 Å². The number of rotatable bonds is 4. The monoisotopic (exact) mass is 299 g/mol. The normalized spacial score (nSPS) is 10.6. The van der Waals surface area contributed by atoms with E-state index in [9.17, 15) is 5.26 Å². The van der Waals surface area contributed by atoms with Crippen LogP contribution in [0.25, 0.3) is 0 Å². The van der Waals surface area contributed by atoms with Gasteiger partial charge in [-0.25, -0.2) is 9.99 Å². The first-order valence-electron chi connectivity index (χ1n) is 6.44. The molecule has 21 heavy (non-hydrogen) atoms. The van der Waals surface area contributed by atoms with Crippen LogP contribution in [0.2, 0.25) is 5.15 Å². The Morgan fingerprint density at radius 3 is 2.95 bits per heavy atom. The van der Waals surface area contributed by atoms with E-state index in [1.165, 1.54) is 0 Å². The van der Waals surface area contributed by atoms with Crippen molar-refractivity contribution in [2.45, 2.75) is 13.8 Å². The molecular weight excluding hydrogens is 286 g/mol. The third-order valence-corrected chi connectivity index (χ3v) is 3.05. The summed E-state index contributed by atoms with van der Waals surface area (Å²) in [5.74, 6) is 0.463. The van der Waals surface area contributed by atoms with Crippen molar-refractivity contribution in [1.29, 1.82) is 5.26 Å². The van der Waals surface area contributed by atoms with Crippen molar-refractivity contribution in [3.05, 3.63) is 52.4 Å². The summed E-state index contributed by atoms with van der Waals surface area (Å²) in [6, 6.07) is 7.55.